The van der Waals surface area contributed by atoms with E-state index >= 15 is 0 Å². The van der Waals surface area contributed by atoms with Gasteiger partial charge in [-0.1, -0.05) is 15.9 Å². The molecule has 1 rings (SSSR count). The van der Waals surface area contributed by atoms with Crippen LogP contribution in [0.15, 0.2) is 22.7 Å². The largest absolute Gasteiger partial charge is 0.491 e. The maximum absolute atomic E-state index is 5.57. The quantitative estimate of drug-likeness (QED) is 0.641. The first-order chi connectivity index (χ1) is 7.24. The van der Waals surface area contributed by atoms with Gasteiger partial charge in [-0.2, -0.15) is 12.6 Å². The summed E-state index contributed by atoms with van der Waals surface area (Å²) in [4.78, 5) is 0. The van der Waals surface area contributed by atoms with Gasteiger partial charge in [-0.05, 0) is 30.7 Å². The smallest absolute Gasteiger partial charge is 0.122 e. The van der Waals surface area contributed by atoms with E-state index in [-0.39, 0.29) is 0 Å². The number of rotatable bonds is 6. The van der Waals surface area contributed by atoms with Crippen LogP contribution in [0.3, 0.4) is 0 Å². The summed E-state index contributed by atoms with van der Waals surface area (Å²) in [5.74, 6) is 1.66. The summed E-state index contributed by atoms with van der Waals surface area (Å²) >= 11 is 7.46. The normalized spacial score (nSPS) is 10.3. The summed E-state index contributed by atoms with van der Waals surface area (Å²) < 4.78 is 11.9. The summed E-state index contributed by atoms with van der Waals surface area (Å²) in [6.45, 7) is 3.88. The van der Waals surface area contributed by atoms with Crippen molar-refractivity contribution in [1.82, 2.24) is 0 Å². The van der Waals surface area contributed by atoms with Gasteiger partial charge in [0.25, 0.3) is 0 Å². The van der Waals surface area contributed by atoms with E-state index in [1.54, 1.807) is 0 Å². The van der Waals surface area contributed by atoms with Crippen LogP contribution in [-0.2, 0) is 4.74 Å². The molecule has 0 aliphatic carbocycles. The minimum Gasteiger partial charge on any atom is -0.491 e. The number of aryl methyl sites for hydroxylation is 1. The molecular formula is C11H15BrO2S. The number of benzene rings is 1. The maximum Gasteiger partial charge on any atom is 0.122 e. The highest BCUT2D eigenvalue weighted by atomic mass is 79.9. The monoisotopic (exact) mass is 290 g/mol. The zero-order chi connectivity index (χ0) is 11.1. The third-order valence-corrected chi connectivity index (χ3v) is 2.53. The molecule has 0 radical (unpaired) electrons. The Kier molecular flexibility index (Phi) is 6.13. The van der Waals surface area contributed by atoms with Crippen LogP contribution in [0.4, 0.5) is 0 Å². The van der Waals surface area contributed by atoms with Gasteiger partial charge in [0, 0.05) is 10.2 Å². The average molecular weight is 291 g/mol. The van der Waals surface area contributed by atoms with Gasteiger partial charge in [-0.25, -0.2) is 0 Å². The molecule has 0 saturated carbocycles. The minimum atomic E-state index is 0.580. The molecule has 0 spiro atoms. The molecule has 0 saturated heterocycles. The van der Waals surface area contributed by atoms with Crippen LogP contribution in [0.2, 0.25) is 0 Å². The lowest BCUT2D eigenvalue weighted by Gasteiger charge is -2.09. The van der Waals surface area contributed by atoms with Crippen molar-refractivity contribution in [3.05, 3.63) is 28.2 Å². The lowest BCUT2D eigenvalue weighted by molar-refractivity contribution is 0.112. The van der Waals surface area contributed by atoms with Crippen molar-refractivity contribution in [2.45, 2.75) is 6.92 Å². The van der Waals surface area contributed by atoms with Crippen LogP contribution >= 0.6 is 28.6 Å². The molecule has 1 aromatic rings. The molecular weight excluding hydrogens is 276 g/mol. The van der Waals surface area contributed by atoms with Crippen molar-refractivity contribution in [2.75, 3.05) is 25.6 Å². The van der Waals surface area contributed by atoms with Crippen molar-refractivity contribution in [3.63, 3.8) is 0 Å². The Bertz CT molecular complexity index is 305. The Morgan fingerprint density at radius 3 is 2.73 bits per heavy atom. The number of hydrogen-bond acceptors (Lipinski definition) is 3. The van der Waals surface area contributed by atoms with Crippen LogP contribution in [0, 0.1) is 6.92 Å². The second-order valence-corrected chi connectivity index (χ2v) is 4.46. The molecule has 0 N–H and O–H groups in total. The molecule has 0 unspecified atom stereocenters. The van der Waals surface area contributed by atoms with Gasteiger partial charge in [0.1, 0.15) is 12.4 Å². The summed E-state index contributed by atoms with van der Waals surface area (Å²) in [6.07, 6.45) is 0. The summed E-state index contributed by atoms with van der Waals surface area (Å²) in [7, 11) is 0. The molecule has 84 valence electrons. The number of ether oxygens (including phenoxy) is 2. The second-order valence-electron chi connectivity index (χ2n) is 3.09. The fourth-order valence-electron chi connectivity index (χ4n) is 1.15. The third-order valence-electron chi connectivity index (χ3n) is 1.86. The van der Waals surface area contributed by atoms with E-state index in [1.807, 2.05) is 25.1 Å². The second kappa shape index (κ2) is 7.14. The number of hydrogen-bond donors (Lipinski definition) is 1. The van der Waals surface area contributed by atoms with Gasteiger partial charge in [0.2, 0.25) is 0 Å². The summed E-state index contributed by atoms with van der Waals surface area (Å²) in [5, 5.41) is 0. The fourth-order valence-corrected chi connectivity index (χ4v) is 1.76. The summed E-state index contributed by atoms with van der Waals surface area (Å²) in [5.41, 5.74) is 1.12. The molecule has 0 fully saturated rings. The van der Waals surface area contributed by atoms with Gasteiger partial charge in [-0.15, -0.1) is 0 Å². The SMILES string of the molecule is Cc1cc(Br)ccc1OCCOCCS. The van der Waals surface area contributed by atoms with Gasteiger partial charge >= 0.3 is 0 Å². The van der Waals surface area contributed by atoms with Crippen LogP contribution in [0.25, 0.3) is 0 Å². The van der Waals surface area contributed by atoms with Crippen molar-refractivity contribution >= 4 is 28.6 Å². The van der Waals surface area contributed by atoms with Gasteiger partial charge < -0.3 is 9.47 Å². The van der Waals surface area contributed by atoms with Crippen molar-refractivity contribution in [3.8, 4) is 5.75 Å². The third kappa shape index (κ3) is 4.91. The molecule has 0 amide bonds. The van der Waals surface area contributed by atoms with Crippen LogP contribution in [0.1, 0.15) is 5.56 Å². The highest BCUT2D eigenvalue weighted by molar-refractivity contribution is 9.10. The Balaban J connectivity index is 2.31. The van der Waals surface area contributed by atoms with Crippen LogP contribution < -0.4 is 4.74 Å². The molecule has 4 heteroatoms. The van der Waals surface area contributed by atoms with E-state index in [0.717, 1.165) is 21.5 Å². The van der Waals surface area contributed by atoms with E-state index < -0.39 is 0 Å². The molecule has 2 nitrogen and oxygen atoms in total. The van der Waals surface area contributed by atoms with Gasteiger partial charge in [0.15, 0.2) is 0 Å². The molecule has 0 aliphatic rings. The molecule has 0 aromatic heterocycles. The van der Waals surface area contributed by atoms with Crippen LogP contribution in [0.5, 0.6) is 5.75 Å². The molecule has 0 atom stereocenters. The number of thiol groups is 1. The Labute approximate surface area is 105 Å². The zero-order valence-corrected chi connectivity index (χ0v) is 11.2. The topological polar surface area (TPSA) is 18.5 Å². The molecule has 15 heavy (non-hydrogen) atoms. The predicted molar refractivity (Wildman–Crippen MR) is 69.0 cm³/mol. The molecule has 0 heterocycles. The first-order valence-electron chi connectivity index (χ1n) is 4.81. The van der Waals surface area contributed by atoms with Crippen molar-refractivity contribution in [2.24, 2.45) is 0 Å². The van der Waals surface area contributed by atoms with Crippen LogP contribution in [-0.4, -0.2) is 25.6 Å². The highest BCUT2D eigenvalue weighted by Crippen LogP contribution is 2.21. The standard InChI is InChI=1S/C11H15BrO2S/c1-9-8-10(12)2-3-11(9)14-5-4-13-6-7-15/h2-3,8,15H,4-7H2,1H3. The Morgan fingerprint density at radius 1 is 1.27 bits per heavy atom. The first kappa shape index (κ1) is 12.9. The Morgan fingerprint density at radius 2 is 2.07 bits per heavy atom. The highest BCUT2D eigenvalue weighted by Gasteiger charge is 1.99. The number of halogens is 1. The fraction of sp³-hybridized carbons (Fsp3) is 0.455. The average Bonchev–Trinajstić information content (AvgIpc) is 2.20. The minimum absolute atomic E-state index is 0.580. The van der Waals surface area contributed by atoms with E-state index in [1.165, 1.54) is 0 Å². The Hall–Kier alpha value is -0.190. The lowest BCUT2D eigenvalue weighted by Crippen LogP contribution is -2.08. The zero-order valence-electron chi connectivity index (χ0n) is 8.70. The van der Waals surface area contributed by atoms with Crippen molar-refractivity contribution < 1.29 is 9.47 Å². The van der Waals surface area contributed by atoms with E-state index in [0.29, 0.717) is 19.8 Å². The van der Waals surface area contributed by atoms with Gasteiger partial charge in [-0.3, -0.25) is 0 Å². The molecule has 1 aromatic carbocycles. The maximum atomic E-state index is 5.57. The summed E-state index contributed by atoms with van der Waals surface area (Å²) in [6, 6.07) is 5.96. The van der Waals surface area contributed by atoms with E-state index in [9.17, 15) is 0 Å². The van der Waals surface area contributed by atoms with E-state index in [4.69, 9.17) is 9.47 Å². The predicted octanol–water partition coefficient (Wildman–Crippen LogP) is 3.08. The van der Waals surface area contributed by atoms with Gasteiger partial charge in [0.05, 0.1) is 13.2 Å². The molecule has 0 bridgehead atoms. The first-order valence-corrected chi connectivity index (χ1v) is 6.24. The van der Waals surface area contributed by atoms with Crippen molar-refractivity contribution in [1.29, 1.82) is 0 Å². The lowest BCUT2D eigenvalue weighted by atomic mass is 10.2. The van der Waals surface area contributed by atoms with E-state index in [2.05, 4.69) is 28.6 Å². The molecule has 0 aliphatic heterocycles.